The standard InChI is InChI=1S/C30H36F3N3O4/c1-19(2)25-27(39)35(23(21-14-10-7-11-15-21)17-36(25)28(40)29(3,4)5)18-24(37)34-22(26(38)30(31,32)33)16-20-12-8-6-9-13-20/h6-15,17,19,22,25-26,38H,16,18H2,1-5H3,(H,34,37). The van der Waals surface area contributed by atoms with Crippen molar-refractivity contribution in [1.29, 1.82) is 0 Å². The molecule has 0 spiro atoms. The maximum absolute atomic E-state index is 13.9. The lowest BCUT2D eigenvalue weighted by molar-refractivity contribution is -0.212. The van der Waals surface area contributed by atoms with Gasteiger partial charge in [-0.25, -0.2) is 0 Å². The molecule has 2 aromatic rings. The molecule has 0 aromatic heterocycles. The first kappa shape index (κ1) is 30.9. The van der Waals surface area contributed by atoms with E-state index in [4.69, 9.17) is 0 Å². The lowest BCUT2D eigenvalue weighted by Crippen LogP contribution is -2.59. The van der Waals surface area contributed by atoms with Crippen LogP contribution in [0, 0.1) is 11.3 Å². The summed E-state index contributed by atoms with van der Waals surface area (Å²) in [6.07, 6.45) is -6.53. The molecule has 2 N–H and O–H groups in total. The highest BCUT2D eigenvalue weighted by Crippen LogP contribution is 2.33. The normalized spacial score (nSPS) is 17.9. The number of halogens is 3. The number of hydrogen-bond donors (Lipinski definition) is 2. The average Bonchev–Trinajstić information content (AvgIpc) is 2.88. The van der Waals surface area contributed by atoms with E-state index in [0.717, 1.165) is 0 Å². The molecule has 40 heavy (non-hydrogen) atoms. The van der Waals surface area contributed by atoms with Crippen LogP contribution in [-0.4, -0.2) is 63.5 Å². The van der Waals surface area contributed by atoms with Crippen LogP contribution < -0.4 is 5.32 Å². The van der Waals surface area contributed by atoms with E-state index in [2.05, 4.69) is 5.32 Å². The van der Waals surface area contributed by atoms with E-state index in [-0.39, 0.29) is 23.9 Å². The zero-order valence-corrected chi connectivity index (χ0v) is 23.3. The van der Waals surface area contributed by atoms with Crippen molar-refractivity contribution in [3.63, 3.8) is 0 Å². The summed E-state index contributed by atoms with van der Waals surface area (Å²) in [5.74, 6) is -2.01. The smallest absolute Gasteiger partial charge is 0.382 e. The van der Waals surface area contributed by atoms with E-state index in [1.165, 1.54) is 16.0 Å². The van der Waals surface area contributed by atoms with Gasteiger partial charge in [-0.15, -0.1) is 0 Å². The summed E-state index contributed by atoms with van der Waals surface area (Å²) >= 11 is 0. The Labute approximate surface area is 232 Å². The molecule has 0 saturated carbocycles. The number of nitrogens with one attached hydrogen (secondary N) is 1. The highest BCUT2D eigenvalue weighted by Gasteiger charge is 2.46. The van der Waals surface area contributed by atoms with Gasteiger partial charge in [0.2, 0.25) is 11.8 Å². The predicted octanol–water partition coefficient (Wildman–Crippen LogP) is 4.38. The lowest BCUT2D eigenvalue weighted by atomic mass is 9.90. The van der Waals surface area contributed by atoms with Crippen molar-refractivity contribution in [3.8, 4) is 0 Å². The molecule has 10 heteroatoms. The Kier molecular flexibility index (Phi) is 9.45. The van der Waals surface area contributed by atoms with Crippen molar-refractivity contribution in [2.24, 2.45) is 11.3 Å². The third-order valence-corrected chi connectivity index (χ3v) is 6.61. The Hall–Kier alpha value is -3.66. The minimum Gasteiger partial charge on any atom is -0.382 e. The molecule has 0 bridgehead atoms. The number of carbonyl (C=O) groups is 3. The Morgan fingerprint density at radius 1 is 0.975 bits per heavy atom. The first-order valence-corrected chi connectivity index (χ1v) is 13.1. The molecule has 0 aliphatic carbocycles. The second kappa shape index (κ2) is 12.2. The molecule has 1 aliphatic heterocycles. The fourth-order valence-electron chi connectivity index (χ4n) is 4.59. The molecule has 0 saturated heterocycles. The largest absolute Gasteiger partial charge is 0.416 e. The maximum atomic E-state index is 13.9. The number of benzene rings is 2. The second-order valence-corrected chi connectivity index (χ2v) is 11.3. The van der Waals surface area contributed by atoms with Gasteiger partial charge in [-0.3, -0.25) is 19.3 Å². The maximum Gasteiger partial charge on any atom is 0.416 e. The van der Waals surface area contributed by atoms with Crippen molar-refractivity contribution >= 4 is 23.4 Å². The Bertz CT molecular complexity index is 1220. The zero-order chi connectivity index (χ0) is 29.8. The van der Waals surface area contributed by atoms with Crippen LogP contribution in [0.15, 0.2) is 66.9 Å². The van der Waals surface area contributed by atoms with E-state index < -0.39 is 48.1 Å². The highest BCUT2D eigenvalue weighted by molar-refractivity contribution is 6.00. The van der Waals surface area contributed by atoms with Crippen LogP contribution in [0.5, 0.6) is 0 Å². The molecule has 2 aromatic carbocycles. The van der Waals surface area contributed by atoms with Gasteiger partial charge in [0, 0.05) is 11.6 Å². The summed E-state index contributed by atoms with van der Waals surface area (Å²) in [7, 11) is 0. The van der Waals surface area contributed by atoms with Crippen molar-refractivity contribution in [2.45, 2.75) is 65.4 Å². The number of alkyl halides is 3. The summed E-state index contributed by atoms with van der Waals surface area (Å²) in [4.78, 5) is 43.1. The molecule has 216 valence electrons. The zero-order valence-electron chi connectivity index (χ0n) is 23.3. The number of rotatable bonds is 8. The highest BCUT2D eigenvalue weighted by atomic mass is 19.4. The predicted molar refractivity (Wildman–Crippen MR) is 145 cm³/mol. The molecule has 7 nitrogen and oxygen atoms in total. The molecule has 3 unspecified atom stereocenters. The minimum absolute atomic E-state index is 0.270. The SMILES string of the molecule is CC(C)C1C(=O)N(CC(=O)NC(Cc2ccccc2)C(O)C(F)(F)F)C(c2ccccc2)=CN1C(=O)C(C)(C)C. The van der Waals surface area contributed by atoms with E-state index in [1.54, 1.807) is 95.3 Å². The second-order valence-electron chi connectivity index (χ2n) is 11.3. The summed E-state index contributed by atoms with van der Waals surface area (Å²) in [6.45, 7) is 8.18. The number of hydrogen-bond acceptors (Lipinski definition) is 4. The van der Waals surface area contributed by atoms with Crippen molar-refractivity contribution < 1.29 is 32.7 Å². The summed E-state index contributed by atoms with van der Waals surface area (Å²) in [5, 5.41) is 12.4. The molecular formula is C30H36F3N3O4. The van der Waals surface area contributed by atoms with Crippen LogP contribution in [0.4, 0.5) is 13.2 Å². The first-order chi connectivity index (χ1) is 18.6. The van der Waals surface area contributed by atoms with Gasteiger partial charge in [-0.1, -0.05) is 95.3 Å². The minimum atomic E-state index is -4.97. The number of nitrogens with zero attached hydrogens (tertiary/aromatic N) is 2. The lowest BCUT2D eigenvalue weighted by Gasteiger charge is -2.43. The fraction of sp³-hybridized carbons (Fsp3) is 0.433. The van der Waals surface area contributed by atoms with Crippen LogP contribution in [0.3, 0.4) is 0 Å². The van der Waals surface area contributed by atoms with Gasteiger partial charge in [-0.05, 0) is 23.5 Å². The molecule has 0 radical (unpaired) electrons. The van der Waals surface area contributed by atoms with E-state index in [1.807, 2.05) is 0 Å². The van der Waals surface area contributed by atoms with E-state index in [9.17, 15) is 32.7 Å². The average molecular weight is 560 g/mol. The van der Waals surface area contributed by atoms with E-state index in [0.29, 0.717) is 11.1 Å². The molecule has 1 heterocycles. The topological polar surface area (TPSA) is 89.9 Å². The molecule has 3 rings (SSSR count). The van der Waals surface area contributed by atoms with Crippen LogP contribution in [-0.2, 0) is 20.8 Å². The van der Waals surface area contributed by atoms with Crippen LogP contribution >= 0.6 is 0 Å². The van der Waals surface area contributed by atoms with Gasteiger partial charge < -0.3 is 15.3 Å². The molecule has 3 atom stereocenters. The van der Waals surface area contributed by atoms with Gasteiger partial charge in [0.15, 0.2) is 6.10 Å². The van der Waals surface area contributed by atoms with Crippen molar-refractivity contribution in [3.05, 3.63) is 78.0 Å². The molecule has 0 fully saturated rings. The molecule has 3 amide bonds. The number of carbonyl (C=O) groups excluding carboxylic acids is 3. The van der Waals surface area contributed by atoms with Crippen LogP contribution in [0.2, 0.25) is 0 Å². The van der Waals surface area contributed by atoms with E-state index >= 15 is 0 Å². The van der Waals surface area contributed by atoms with Gasteiger partial charge in [0.25, 0.3) is 5.91 Å². The number of amides is 3. The Balaban J connectivity index is 1.98. The van der Waals surface area contributed by atoms with Gasteiger partial charge in [-0.2, -0.15) is 13.2 Å². The molecule has 1 aliphatic rings. The van der Waals surface area contributed by atoms with Crippen LogP contribution in [0.25, 0.3) is 5.70 Å². The summed E-state index contributed by atoms with van der Waals surface area (Å²) in [6, 6.07) is 14.3. The summed E-state index contributed by atoms with van der Waals surface area (Å²) < 4.78 is 40.5. The molecular weight excluding hydrogens is 523 g/mol. The first-order valence-electron chi connectivity index (χ1n) is 13.1. The third-order valence-electron chi connectivity index (χ3n) is 6.61. The third kappa shape index (κ3) is 7.29. The number of aliphatic hydroxyl groups excluding tert-OH is 1. The number of aliphatic hydroxyl groups is 1. The Morgan fingerprint density at radius 2 is 1.52 bits per heavy atom. The monoisotopic (exact) mass is 559 g/mol. The summed E-state index contributed by atoms with van der Waals surface area (Å²) in [5.41, 5.74) is 0.509. The quantitative estimate of drug-likeness (QED) is 0.503. The van der Waals surface area contributed by atoms with Crippen molar-refractivity contribution in [2.75, 3.05) is 6.54 Å². The van der Waals surface area contributed by atoms with Gasteiger partial charge in [0.1, 0.15) is 12.6 Å². The van der Waals surface area contributed by atoms with Crippen molar-refractivity contribution in [1.82, 2.24) is 15.1 Å². The Morgan fingerprint density at radius 3 is 2.02 bits per heavy atom. The fourth-order valence-corrected chi connectivity index (χ4v) is 4.59. The van der Waals surface area contributed by atoms with Gasteiger partial charge in [0.05, 0.1) is 11.7 Å². The van der Waals surface area contributed by atoms with Gasteiger partial charge >= 0.3 is 6.18 Å². The van der Waals surface area contributed by atoms with Crippen LogP contribution in [0.1, 0.15) is 45.7 Å².